The van der Waals surface area contributed by atoms with Gasteiger partial charge in [-0.05, 0) is 31.4 Å². The standard InChI is InChI=1S/C11H12N2O/c1-8-6-11-12-4-5-13(11)7-10(8)14-9-2-3-9/h4-7,9H,2-3H2,1H3. The zero-order chi connectivity index (χ0) is 9.54. The monoisotopic (exact) mass is 188 g/mol. The Bertz CT molecular complexity index is 471. The molecular weight excluding hydrogens is 176 g/mol. The third-order valence-corrected chi connectivity index (χ3v) is 2.51. The maximum Gasteiger partial charge on any atom is 0.139 e. The molecule has 2 aromatic rings. The summed E-state index contributed by atoms with van der Waals surface area (Å²) in [5.74, 6) is 0.984. The first kappa shape index (κ1) is 7.85. The van der Waals surface area contributed by atoms with Gasteiger partial charge in [0.1, 0.15) is 11.4 Å². The fourth-order valence-corrected chi connectivity index (χ4v) is 1.53. The van der Waals surface area contributed by atoms with E-state index in [1.165, 1.54) is 12.8 Å². The van der Waals surface area contributed by atoms with Crippen molar-refractivity contribution in [2.75, 3.05) is 0 Å². The van der Waals surface area contributed by atoms with Gasteiger partial charge >= 0.3 is 0 Å². The molecule has 0 aromatic carbocycles. The van der Waals surface area contributed by atoms with Gasteiger partial charge in [-0.15, -0.1) is 0 Å². The Morgan fingerprint density at radius 1 is 1.50 bits per heavy atom. The second-order valence-corrected chi connectivity index (χ2v) is 3.83. The lowest BCUT2D eigenvalue weighted by Crippen LogP contribution is -1.99. The lowest BCUT2D eigenvalue weighted by molar-refractivity contribution is 0.299. The van der Waals surface area contributed by atoms with Crippen molar-refractivity contribution in [3.63, 3.8) is 0 Å². The van der Waals surface area contributed by atoms with Gasteiger partial charge in [0.25, 0.3) is 0 Å². The van der Waals surface area contributed by atoms with E-state index in [4.69, 9.17) is 4.74 Å². The van der Waals surface area contributed by atoms with Crippen LogP contribution in [0, 0.1) is 6.92 Å². The van der Waals surface area contributed by atoms with E-state index in [-0.39, 0.29) is 0 Å². The number of hydrogen-bond donors (Lipinski definition) is 0. The number of hydrogen-bond acceptors (Lipinski definition) is 2. The van der Waals surface area contributed by atoms with Gasteiger partial charge in [-0.1, -0.05) is 0 Å². The molecule has 0 saturated heterocycles. The molecule has 3 heteroatoms. The fraction of sp³-hybridized carbons (Fsp3) is 0.364. The molecule has 0 unspecified atom stereocenters. The Morgan fingerprint density at radius 3 is 3.14 bits per heavy atom. The molecular formula is C11H12N2O. The van der Waals surface area contributed by atoms with Gasteiger partial charge in [-0.3, -0.25) is 0 Å². The van der Waals surface area contributed by atoms with Crippen LogP contribution >= 0.6 is 0 Å². The first-order valence-corrected chi connectivity index (χ1v) is 4.93. The molecule has 2 heterocycles. The minimum absolute atomic E-state index is 0.453. The minimum Gasteiger partial charge on any atom is -0.489 e. The summed E-state index contributed by atoms with van der Waals surface area (Å²) in [5.41, 5.74) is 2.14. The Labute approximate surface area is 82.3 Å². The average molecular weight is 188 g/mol. The highest BCUT2D eigenvalue weighted by Gasteiger charge is 2.24. The van der Waals surface area contributed by atoms with E-state index in [2.05, 4.69) is 18.0 Å². The summed E-state index contributed by atoms with van der Waals surface area (Å²) in [7, 11) is 0. The van der Waals surface area contributed by atoms with Crippen LogP contribution in [0.5, 0.6) is 5.75 Å². The second-order valence-electron chi connectivity index (χ2n) is 3.83. The molecule has 2 aromatic heterocycles. The van der Waals surface area contributed by atoms with Gasteiger partial charge in [0.15, 0.2) is 0 Å². The van der Waals surface area contributed by atoms with Crippen LogP contribution in [0.4, 0.5) is 0 Å². The number of pyridine rings is 1. The molecule has 1 aliphatic carbocycles. The molecule has 14 heavy (non-hydrogen) atoms. The molecule has 72 valence electrons. The first-order chi connectivity index (χ1) is 6.83. The normalized spacial score (nSPS) is 16.1. The van der Waals surface area contributed by atoms with Gasteiger partial charge < -0.3 is 9.14 Å². The van der Waals surface area contributed by atoms with E-state index in [1.807, 2.05) is 16.8 Å². The maximum absolute atomic E-state index is 5.78. The average Bonchev–Trinajstić information content (AvgIpc) is 2.85. The van der Waals surface area contributed by atoms with Gasteiger partial charge in [0.05, 0.1) is 12.3 Å². The van der Waals surface area contributed by atoms with Gasteiger partial charge in [0.2, 0.25) is 0 Å². The van der Waals surface area contributed by atoms with Crippen molar-refractivity contribution in [2.45, 2.75) is 25.9 Å². The van der Waals surface area contributed by atoms with Crippen LogP contribution in [0.1, 0.15) is 18.4 Å². The van der Waals surface area contributed by atoms with E-state index in [0.29, 0.717) is 6.10 Å². The molecule has 0 aliphatic heterocycles. The van der Waals surface area contributed by atoms with Crippen LogP contribution < -0.4 is 4.74 Å². The molecule has 0 radical (unpaired) electrons. The van der Waals surface area contributed by atoms with Crippen LogP contribution in [0.15, 0.2) is 24.7 Å². The fourth-order valence-electron chi connectivity index (χ4n) is 1.53. The predicted molar refractivity (Wildman–Crippen MR) is 53.6 cm³/mol. The number of imidazole rings is 1. The van der Waals surface area contributed by atoms with Crippen LogP contribution in [-0.2, 0) is 0 Å². The summed E-state index contributed by atoms with van der Waals surface area (Å²) in [5, 5.41) is 0. The smallest absolute Gasteiger partial charge is 0.139 e. The predicted octanol–water partition coefficient (Wildman–Crippen LogP) is 2.18. The Morgan fingerprint density at radius 2 is 2.36 bits per heavy atom. The van der Waals surface area contributed by atoms with Crippen molar-refractivity contribution in [2.24, 2.45) is 0 Å². The molecule has 1 saturated carbocycles. The summed E-state index contributed by atoms with van der Waals surface area (Å²) < 4.78 is 7.78. The van der Waals surface area contributed by atoms with E-state index in [0.717, 1.165) is 17.0 Å². The number of aromatic nitrogens is 2. The molecule has 0 atom stereocenters. The summed E-state index contributed by atoms with van der Waals surface area (Å²) in [6.45, 7) is 2.06. The van der Waals surface area contributed by atoms with Crippen LogP contribution in [0.2, 0.25) is 0 Å². The van der Waals surface area contributed by atoms with Crippen molar-refractivity contribution >= 4 is 5.65 Å². The van der Waals surface area contributed by atoms with Crippen molar-refractivity contribution < 1.29 is 4.74 Å². The zero-order valence-corrected chi connectivity index (χ0v) is 8.10. The number of rotatable bonds is 2. The van der Waals surface area contributed by atoms with Gasteiger partial charge in [-0.2, -0.15) is 0 Å². The molecule has 0 N–H and O–H groups in total. The molecule has 1 fully saturated rings. The summed E-state index contributed by atoms with van der Waals surface area (Å²) in [4.78, 5) is 4.22. The lowest BCUT2D eigenvalue weighted by Gasteiger charge is -2.08. The molecule has 3 nitrogen and oxygen atoms in total. The zero-order valence-electron chi connectivity index (χ0n) is 8.10. The highest BCUT2D eigenvalue weighted by Crippen LogP contribution is 2.29. The number of fused-ring (bicyclic) bond motifs is 1. The number of ether oxygens (including phenoxy) is 1. The second kappa shape index (κ2) is 2.74. The molecule has 0 bridgehead atoms. The van der Waals surface area contributed by atoms with Crippen LogP contribution in [0.3, 0.4) is 0 Å². The van der Waals surface area contributed by atoms with Crippen LogP contribution in [-0.4, -0.2) is 15.5 Å². The van der Waals surface area contributed by atoms with Crippen molar-refractivity contribution in [1.29, 1.82) is 0 Å². The van der Waals surface area contributed by atoms with E-state index < -0.39 is 0 Å². The van der Waals surface area contributed by atoms with E-state index >= 15 is 0 Å². The van der Waals surface area contributed by atoms with Gasteiger partial charge in [-0.25, -0.2) is 4.98 Å². The quantitative estimate of drug-likeness (QED) is 0.722. The maximum atomic E-state index is 5.78. The Hall–Kier alpha value is -1.51. The Balaban J connectivity index is 2.07. The van der Waals surface area contributed by atoms with Crippen LogP contribution in [0.25, 0.3) is 5.65 Å². The highest BCUT2D eigenvalue weighted by molar-refractivity contribution is 5.46. The topological polar surface area (TPSA) is 26.5 Å². The molecule has 0 amide bonds. The van der Waals surface area contributed by atoms with Crippen molar-refractivity contribution in [1.82, 2.24) is 9.38 Å². The summed E-state index contributed by atoms with van der Waals surface area (Å²) in [6, 6.07) is 2.05. The number of aryl methyl sites for hydroxylation is 1. The third-order valence-electron chi connectivity index (χ3n) is 2.51. The van der Waals surface area contributed by atoms with Crippen molar-refractivity contribution in [3.8, 4) is 5.75 Å². The van der Waals surface area contributed by atoms with E-state index in [9.17, 15) is 0 Å². The number of nitrogens with zero attached hydrogens (tertiary/aromatic N) is 2. The molecule has 1 aliphatic rings. The molecule has 0 spiro atoms. The SMILES string of the molecule is Cc1cc2nccn2cc1OC1CC1. The summed E-state index contributed by atoms with van der Waals surface area (Å²) >= 11 is 0. The third kappa shape index (κ3) is 1.25. The minimum atomic E-state index is 0.453. The van der Waals surface area contributed by atoms with Gasteiger partial charge in [0, 0.05) is 12.4 Å². The summed E-state index contributed by atoms with van der Waals surface area (Å²) in [6.07, 6.45) is 8.60. The van der Waals surface area contributed by atoms with Crippen molar-refractivity contribution in [3.05, 3.63) is 30.2 Å². The largest absolute Gasteiger partial charge is 0.489 e. The Kier molecular flexibility index (Phi) is 1.54. The highest BCUT2D eigenvalue weighted by atomic mass is 16.5. The lowest BCUT2D eigenvalue weighted by atomic mass is 10.3. The first-order valence-electron chi connectivity index (χ1n) is 4.93. The van der Waals surface area contributed by atoms with E-state index in [1.54, 1.807) is 6.20 Å². The molecule has 3 rings (SSSR count).